The minimum atomic E-state index is -1.65. The summed E-state index contributed by atoms with van der Waals surface area (Å²) in [5.74, 6) is 2.18. The van der Waals surface area contributed by atoms with E-state index in [-0.39, 0.29) is 4.77 Å². The standard InChI is InChI=1S/C11H12N2O4S2/c1-2-11(5-14)8(16)7(15)9(17-11)13-4-3-6(18)12-10(13)19/h1,3-4,7-9,14-16H,5H2,(H,12,18,19)/t7-,8?,9+,11+/m0/s1. The molecule has 0 spiro atoms. The Morgan fingerprint density at radius 3 is 2.68 bits per heavy atom. The van der Waals surface area contributed by atoms with Crippen LogP contribution in [-0.4, -0.2) is 49.3 Å². The van der Waals surface area contributed by atoms with Crippen LogP contribution in [0.3, 0.4) is 0 Å². The lowest BCUT2D eigenvalue weighted by Crippen LogP contribution is -2.44. The zero-order valence-corrected chi connectivity index (χ0v) is 11.3. The van der Waals surface area contributed by atoms with Crippen molar-refractivity contribution in [1.29, 1.82) is 0 Å². The van der Waals surface area contributed by atoms with Gasteiger partial charge in [0.1, 0.15) is 16.8 Å². The van der Waals surface area contributed by atoms with E-state index in [0.717, 1.165) is 0 Å². The highest BCUT2D eigenvalue weighted by Gasteiger charge is 2.53. The molecule has 4 atom stereocenters. The molecule has 0 bridgehead atoms. The Labute approximate surface area is 119 Å². The summed E-state index contributed by atoms with van der Waals surface area (Å²) in [4.78, 5) is 2.72. The first-order valence-corrected chi connectivity index (χ1v) is 6.21. The van der Waals surface area contributed by atoms with Gasteiger partial charge < -0.3 is 25.0 Å². The summed E-state index contributed by atoms with van der Waals surface area (Å²) in [5.41, 5.74) is -1.65. The van der Waals surface area contributed by atoms with E-state index in [9.17, 15) is 15.3 Å². The average molecular weight is 300 g/mol. The summed E-state index contributed by atoms with van der Waals surface area (Å²) in [5, 5.41) is 29.2. The highest BCUT2D eigenvalue weighted by atomic mass is 32.1. The molecule has 0 aromatic carbocycles. The molecule has 1 unspecified atom stereocenters. The Bertz CT molecular complexity index is 635. The number of ether oxygens (including phenoxy) is 1. The maximum atomic E-state index is 10.0. The number of hydrogen-bond acceptors (Lipinski definition) is 6. The minimum absolute atomic E-state index is 0.217. The number of hydrogen-bond donors (Lipinski definition) is 4. The molecule has 0 amide bonds. The van der Waals surface area contributed by atoms with E-state index >= 15 is 0 Å². The van der Waals surface area contributed by atoms with Crippen LogP contribution in [0.4, 0.5) is 0 Å². The van der Waals surface area contributed by atoms with Crippen molar-refractivity contribution in [3.8, 4) is 12.3 Å². The van der Waals surface area contributed by atoms with Crippen LogP contribution >= 0.6 is 24.4 Å². The molecule has 0 saturated carbocycles. The smallest absolute Gasteiger partial charge is 0.182 e. The average Bonchev–Trinajstić information content (AvgIpc) is 2.64. The monoisotopic (exact) mass is 300 g/mol. The zero-order valence-electron chi connectivity index (χ0n) is 9.68. The van der Waals surface area contributed by atoms with E-state index in [1.807, 2.05) is 0 Å². The van der Waals surface area contributed by atoms with Gasteiger partial charge in [-0.3, -0.25) is 4.57 Å². The molecule has 0 aliphatic carbocycles. The molecule has 1 fully saturated rings. The van der Waals surface area contributed by atoms with Crippen LogP contribution in [0.25, 0.3) is 0 Å². The fourth-order valence-electron chi connectivity index (χ4n) is 1.93. The Morgan fingerprint density at radius 2 is 2.21 bits per heavy atom. The van der Waals surface area contributed by atoms with Gasteiger partial charge in [-0.25, -0.2) is 0 Å². The Kier molecular flexibility index (Phi) is 3.87. The second-order valence-electron chi connectivity index (χ2n) is 4.15. The zero-order chi connectivity index (χ0) is 14.2. The van der Waals surface area contributed by atoms with Crippen molar-refractivity contribution >= 4 is 24.4 Å². The quantitative estimate of drug-likeness (QED) is 0.450. The molecule has 4 N–H and O–H groups in total. The number of rotatable bonds is 2. The summed E-state index contributed by atoms with van der Waals surface area (Å²) in [6.07, 6.45) is 3.05. The van der Waals surface area contributed by atoms with Gasteiger partial charge in [0.15, 0.2) is 16.6 Å². The number of H-pyrrole nitrogens is 1. The van der Waals surface area contributed by atoms with E-state index in [0.29, 0.717) is 4.64 Å². The van der Waals surface area contributed by atoms with Crippen LogP contribution in [0.5, 0.6) is 0 Å². The SMILES string of the molecule is C#C[C@]1(CO)O[C@@H](n2ccc(=S)[nH]c2=S)[C@@H](O)C1O. The predicted molar refractivity (Wildman–Crippen MR) is 71.2 cm³/mol. The maximum absolute atomic E-state index is 10.0. The van der Waals surface area contributed by atoms with Gasteiger partial charge >= 0.3 is 0 Å². The largest absolute Gasteiger partial charge is 0.392 e. The van der Waals surface area contributed by atoms with Gasteiger partial charge in [0, 0.05) is 6.20 Å². The van der Waals surface area contributed by atoms with E-state index < -0.39 is 30.6 Å². The molecule has 0 radical (unpaired) electrons. The number of terminal acetylenes is 1. The lowest BCUT2D eigenvalue weighted by Gasteiger charge is -2.23. The first-order chi connectivity index (χ1) is 8.95. The number of nitrogens with one attached hydrogen (secondary N) is 1. The summed E-state index contributed by atoms with van der Waals surface area (Å²) in [6.45, 7) is -0.617. The summed E-state index contributed by atoms with van der Waals surface area (Å²) < 4.78 is 7.46. The van der Waals surface area contributed by atoms with Crippen molar-refractivity contribution < 1.29 is 20.1 Å². The molecule has 8 heteroatoms. The number of aliphatic hydroxyl groups is 3. The van der Waals surface area contributed by atoms with Crippen molar-refractivity contribution in [2.24, 2.45) is 0 Å². The second kappa shape index (κ2) is 5.13. The number of aliphatic hydroxyl groups excluding tert-OH is 3. The van der Waals surface area contributed by atoms with Gasteiger partial charge in [0.2, 0.25) is 0 Å². The molecule has 6 nitrogen and oxygen atoms in total. The molecule has 1 aliphatic heterocycles. The van der Waals surface area contributed by atoms with Crippen molar-refractivity contribution in [1.82, 2.24) is 9.55 Å². The lowest BCUT2D eigenvalue weighted by molar-refractivity contribution is -0.0930. The fraction of sp³-hybridized carbons (Fsp3) is 0.455. The topological polar surface area (TPSA) is 90.6 Å². The molecule has 102 valence electrons. The minimum Gasteiger partial charge on any atom is -0.392 e. The number of nitrogens with zero attached hydrogens (tertiary/aromatic N) is 1. The second-order valence-corrected chi connectivity index (χ2v) is 4.98. The van der Waals surface area contributed by atoms with E-state index in [2.05, 4.69) is 10.9 Å². The molecule has 1 saturated heterocycles. The third-order valence-corrected chi connectivity index (χ3v) is 3.58. The Balaban J connectivity index is 2.46. The molecule has 2 rings (SSSR count). The van der Waals surface area contributed by atoms with Gasteiger partial charge in [-0.15, -0.1) is 6.42 Å². The molecular weight excluding hydrogens is 288 g/mol. The third-order valence-electron chi connectivity index (χ3n) is 3.03. The van der Waals surface area contributed by atoms with Crippen LogP contribution in [0.1, 0.15) is 6.23 Å². The highest BCUT2D eigenvalue weighted by molar-refractivity contribution is 7.72. The van der Waals surface area contributed by atoms with Gasteiger partial charge in [-0.05, 0) is 18.3 Å². The van der Waals surface area contributed by atoms with E-state index in [1.54, 1.807) is 6.07 Å². The van der Waals surface area contributed by atoms with Gasteiger partial charge in [-0.2, -0.15) is 0 Å². The van der Waals surface area contributed by atoms with Crippen LogP contribution in [0.2, 0.25) is 0 Å². The normalized spacial score (nSPS) is 34.1. The van der Waals surface area contributed by atoms with Crippen LogP contribution in [0.15, 0.2) is 12.3 Å². The Morgan fingerprint density at radius 1 is 1.53 bits per heavy atom. The number of aromatic amines is 1. The van der Waals surface area contributed by atoms with E-state index in [1.165, 1.54) is 10.8 Å². The first kappa shape index (κ1) is 14.3. The molecular formula is C11H12N2O4S2. The lowest BCUT2D eigenvalue weighted by atomic mass is 9.97. The van der Waals surface area contributed by atoms with Crippen molar-refractivity contribution in [2.75, 3.05) is 6.61 Å². The summed E-state index contributed by atoms with van der Waals surface area (Å²) in [7, 11) is 0. The van der Waals surface area contributed by atoms with Crippen molar-refractivity contribution in [3.63, 3.8) is 0 Å². The molecule has 1 aromatic heterocycles. The van der Waals surface area contributed by atoms with Crippen LogP contribution in [-0.2, 0) is 4.74 Å². The van der Waals surface area contributed by atoms with Gasteiger partial charge in [0.25, 0.3) is 0 Å². The first-order valence-electron chi connectivity index (χ1n) is 5.39. The van der Waals surface area contributed by atoms with E-state index in [4.69, 9.17) is 35.6 Å². The summed E-state index contributed by atoms with van der Waals surface area (Å²) in [6, 6.07) is 1.56. The molecule has 19 heavy (non-hydrogen) atoms. The Hall–Kier alpha value is -1.08. The predicted octanol–water partition coefficient (Wildman–Crippen LogP) is -0.110. The van der Waals surface area contributed by atoms with Crippen molar-refractivity contribution in [2.45, 2.75) is 24.0 Å². The number of aromatic nitrogens is 2. The van der Waals surface area contributed by atoms with Gasteiger partial charge in [0.05, 0.1) is 6.61 Å². The van der Waals surface area contributed by atoms with Crippen LogP contribution in [0, 0.1) is 21.8 Å². The van der Waals surface area contributed by atoms with Crippen molar-refractivity contribution in [3.05, 3.63) is 21.7 Å². The van der Waals surface area contributed by atoms with Crippen LogP contribution < -0.4 is 0 Å². The summed E-state index contributed by atoms with van der Waals surface area (Å²) >= 11 is 9.99. The highest BCUT2D eigenvalue weighted by Crippen LogP contribution is 2.36. The fourth-order valence-corrected chi connectivity index (χ4v) is 2.43. The van der Waals surface area contributed by atoms with Gasteiger partial charge in [-0.1, -0.05) is 18.1 Å². The third kappa shape index (κ3) is 2.25. The molecule has 2 heterocycles. The molecule has 1 aromatic rings. The maximum Gasteiger partial charge on any atom is 0.182 e. The molecule has 1 aliphatic rings.